The molecule has 0 N–H and O–H groups in total. The monoisotopic (exact) mass is 882 g/mol. The maximum Gasteiger partial charge on any atom is 0.306 e. The Morgan fingerprint density at radius 2 is 0.952 bits per heavy atom. The van der Waals surface area contributed by atoms with E-state index in [1.54, 1.807) is 0 Å². The topological polar surface area (TPSA) is 111 Å². The van der Waals surface area contributed by atoms with E-state index in [1.165, 1.54) is 25.7 Å². The van der Waals surface area contributed by atoms with Crippen LogP contribution in [-0.4, -0.2) is 70.0 Å². The lowest BCUT2D eigenvalue weighted by Crippen LogP contribution is -2.37. The van der Waals surface area contributed by atoms with Gasteiger partial charge in [0.25, 0.3) is 7.82 Å². The first-order valence-electron chi connectivity index (χ1n) is 23.2. The molecule has 0 saturated heterocycles. The number of likely N-dealkylation sites (N-methyl/N-ethyl adjacent to an activating group) is 1. The maximum atomic E-state index is 12.7. The summed E-state index contributed by atoms with van der Waals surface area (Å²) in [5.74, 6) is -0.982. The summed E-state index contributed by atoms with van der Waals surface area (Å²) in [7, 11) is 1.08. The number of phosphoric ester groups is 1. The van der Waals surface area contributed by atoms with Crippen LogP contribution in [0.2, 0.25) is 0 Å². The van der Waals surface area contributed by atoms with Crippen LogP contribution in [0.1, 0.15) is 142 Å². The van der Waals surface area contributed by atoms with Crippen LogP contribution in [-0.2, 0) is 32.7 Å². The summed E-state index contributed by atoms with van der Waals surface area (Å²) >= 11 is 0. The molecule has 0 aliphatic carbocycles. The highest BCUT2D eigenvalue weighted by Crippen LogP contribution is 2.38. The van der Waals surface area contributed by atoms with Crippen molar-refractivity contribution in [2.45, 2.75) is 148 Å². The SMILES string of the molecule is CC/C=C\C/C=C\C/C=C\C/C=C\C/C=C\CCCCCC(=O)O[C@H](COC(=O)CC/C=C\C/C=C\C/C=C\C/C=C\C/C=C\CCCCC)COP(=O)([O-])OCC[N+](C)(C)C. The van der Waals surface area contributed by atoms with E-state index in [0.717, 1.165) is 77.0 Å². The fraction of sp³-hybridized carbons (Fsp3) is 0.577. The number of phosphoric acid groups is 1. The van der Waals surface area contributed by atoms with E-state index in [9.17, 15) is 19.0 Å². The summed E-state index contributed by atoms with van der Waals surface area (Å²) in [4.78, 5) is 37.6. The van der Waals surface area contributed by atoms with E-state index in [1.807, 2.05) is 33.3 Å². The Kier molecular flexibility index (Phi) is 40.2. The molecule has 62 heavy (non-hydrogen) atoms. The lowest BCUT2D eigenvalue weighted by atomic mass is 10.1. The van der Waals surface area contributed by atoms with E-state index >= 15 is 0 Å². The highest BCUT2D eigenvalue weighted by Gasteiger charge is 2.21. The predicted octanol–water partition coefficient (Wildman–Crippen LogP) is 13.1. The highest BCUT2D eigenvalue weighted by atomic mass is 31.2. The Labute approximate surface area is 378 Å². The quantitative estimate of drug-likeness (QED) is 0.0197. The first kappa shape index (κ1) is 58.4. The molecule has 0 heterocycles. The van der Waals surface area contributed by atoms with E-state index in [2.05, 4.69) is 123 Å². The molecule has 0 aromatic carbocycles. The summed E-state index contributed by atoms with van der Waals surface area (Å²) in [6, 6.07) is 0. The molecular formula is C52H84NO8P. The third-order valence-electron chi connectivity index (χ3n) is 8.98. The van der Waals surface area contributed by atoms with Crippen LogP contribution < -0.4 is 4.89 Å². The second-order valence-corrected chi connectivity index (χ2v) is 17.4. The smallest absolute Gasteiger partial charge is 0.306 e. The number of nitrogens with zero attached hydrogens (tertiary/aromatic N) is 1. The number of hydrogen-bond acceptors (Lipinski definition) is 8. The number of carbonyl (C=O) groups excluding carboxylic acids is 2. The van der Waals surface area contributed by atoms with Gasteiger partial charge in [-0.25, -0.2) is 0 Å². The molecule has 0 bridgehead atoms. The van der Waals surface area contributed by atoms with Gasteiger partial charge in [-0.15, -0.1) is 0 Å². The molecule has 0 fully saturated rings. The minimum absolute atomic E-state index is 0.0563. The molecule has 10 heteroatoms. The number of hydrogen-bond donors (Lipinski definition) is 0. The minimum atomic E-state index is -4.66. The Balaban J connectivity index is 4.54. The van der Waals surface area contributed by atoms with Crippen molar-refractivity contribution in [2.75, 3.05) is 47.5 Å². The molecule has 0 saturated carbocycles. The summed E-state index contributed by atoms with van der Waals surface area (Å²) in [5.41, 5.74) is 0. The molecular weight excluding hydrogens is 798 g/mol. The van der Waals surface area contributed by atoms with Gasteiger partial charge in [0.1, 0.15) is 19.8 Å². The first-order valence-corrected chi connectivity index (χ1v) is 24.7. The van der Waals surface area contributed by atoms with Crippen molar-refractivity contribution in [3.8, 4) is 0 Å². The van der Waals surface area contributed by atoms with Crippen LogP contribution in [0.3, 0.4) is 0 Å². The molecule has 9 nitrogen and oxygen atoms in total. The summed E-state index contributed by atoms with van der Waals surface area (Å²) < 4.78 is 33.8. The van der Waals surface area contributed by atoms with E-state index in [4.69, 9.17) is 18.5 Å². The average molecular weight is 882 g/mol. The first-order chi connectivity index (χ1) is 30.0. The van der Waals surface area contributed by atoms with Gasteiger partial charge >= 0.3 is 11.9 Å². The van der Waals surface area contributed by atoms with Crippen LogP contribution in [0.25, 0.3) is 0 Å². The molecule has 1 unspecified atom stereocenters. The molecule has 0 radical (unpaired) electrons. The number of allylic oxidation sites excluding steroid dienone is 20. The predicted molar refractivity (Wildman–Crippen MR) is 258 cm³/mol. The zero-order valence-electron chi connectivity index (χ0n) is 39.3. The van der Waals surface area contributed by atoms with Gasteiger partial charge in [-0.1, -0.05) is 155 Å². The van der Waals surface area contributed by atoms with Crippen LogP contribution in [0.15, 0.2) is 122 Å². The number of rotatable bonds is 40. The molecule has 0 amide bonds. The normalized spacial score (nSPS) is 14.6. The van der Waals surface area contributed by atoms with Crippen molar-refractivity contribution < 1.29 is 42.1 Å². The maximum absolute atomic E-state index is 12.7. The molecule has 2 atom stereocenters. The lowest BCUT2D eigenvalue weighted by Gasteiger charge is -2.28. The van der Waals surface area contributed by atoms with Gasteiger partial charge < -0.3 is 27.9 Å². The number of carbonyl (C=O) groups is 2. The number of ether oxygens (including phenoxy) is 2. The number of unbranched alkanes of at least 4 members (excludes halogenated alkanes) is 6. The van der Waals surface area contributed by atoms with Crippen molar-refractivity contribution >= 4 is 19.8 Å². The van der Waals surface area contributed by atoms with E-state index < -0.39 is 32.5 Å². The Morgan fingerprint density at radius 1 is 0.516 bits per heavy atom. The second-order valence-electron chi connectivity index (χ2n) is 16.0. The second kappa shape index (κ2) is 42.7. The summed E-state index contributed by atoms with van der Waals surface area (Å²) in [5, 5.41) is 0. The Bertz CT molecular complexity index is 1460. The van der Waals surface area contributed by atoms with Crippen molar-refractivity contribution in [3.63, 3.8) is 0 Å². The van der Waals surface area contributed by atoms with Crippen LogP contribution >= 0.6 is 7.82 Å². The standard InChI is InChI=1S/C52H84NO8P/c1-6-8-10-12-14-16-18-20-22-24-26-28-30-32-34-36-38-40-42-44-51(54)58-48-50(49-60-62(56,57)59-47-46-53(3,4)5)61-52(55)45-43-41-39-37-35-33-31-29-27-25-23-21-19-17-15-13-11-9-7-2/h9,11,14-17,20-23,26-29,32-35,38,40,50H,6-8,10,12-13,18-19,24-25,30-31,36-37,39,41-49H2,1-5H3/b11-9-,16-14-,17-15-,22-20-,23-21-,28-26-,29-27-,34-32-,35-33-,40-38-/t50-/m1/s1. The molecule has 0 spiro atoms. The fourth-order valence-electron chi connectivity index (χ4n) is 5.37. The molecule has 0 aliphatic rings. The zero-order chi connectivity index (χ0) is 45.7. The van der Waals surface area contributed by atoms with Crippen LogP contribution in [0, 0.1) is 0 Å². The van der Waals surface area contributed by atoms with Gasteiger partial charge in [0.05, 0.1) is 27.7 Å². The molecule has 0 aromatic heterocycles. The van der Waals surface area contributed by atoms with Gasteiger partial charge in [-0.3, -0.25) is 14.2 Å². The molecule has 0 aliphatic heterocycles. The third kappa shape index (κ3) is 45.9. The van der Waals surface area contributed by atoms with Crippen molar-refractivity contribution in [1.82, 2.24) is 0 Å². The molecule has 0 rings (SSSR count). The Morgan fingerprint density at radius 3 is 1.40 bits per heavy atom. The number of esters is 2. The average Bonchev–Trinajstić information content (AvgIpc) is 3.23. The Hall–Kier alpha value is -3.59. The fourth-order valence-corrected chi connectivity index (χ4v) is 6.10. The minimum Gasteiger partial charge on any atom is -0.756 e. The third-order valence-corrected chi connectivity index (χ3v) is 9.94. The van der Waals surface area contributed by atoms with E-state index in [0.29, 0.717) is 23.9 Å². The highest BCUT2D eigenvalue weighted by molar-refractivity contribution is 7.45. The van der Waals surface area contributed by atoms with Crippen LogP contribution in [0.5, 0.6) is 0 Å². The van der Waals surface area contributed by atoms with Gasteiger partial charge in [-0.2, -0.15) is 0 Å². The van der Waals surface area contributed by atoms with Crippen molar-refractivity contribution in [2.24, 2.45) is 0 Å². The van der Waals surface area contributed by atoms with Crippen LogP contribution in [0.4, 0.5) is 0 Å². The van der Waals surface area contributed by atoms with Crippen molar-refractivity contribution in [3.05, 3.63) is 122 Å². The van der Waals surface area contributed by atoms with Crippen molar-refractivity contribution in [1.29, 1.82) is 0 Å². The molecule has 0 aromatic rings. The summed E-state index contributed by atoms with van der Waals surface area (Å²) in [6.45, 7) is 3.93. The molecule has 350 valence electrons. The van der Waals surface area contributed by atoms with E-state index in [-0.39, 0.29) is 26.1 Å². The van der Waals surface area contributed by atoms with Gasteiger partial charge in [-0.05, 0) is 96.3 Å². The number of quaternary nitrogens is 1. The van der Waals surface area contributed by atoms with Gasteiger partial charge in [0, 0.05) is 12.8 Å². The zero-order valence-corrected chi connectivity index (χ0v) is 40.1. The largest absolute Gasteiger partial charge is 0.756 e. The lowest BCUT2D eigenvalue weighted by molar-refractivity contribution is -0.870. The summed E-state index contributed by atoms with van der Waals surface area (Å²) in [6.07, 6.45) is 59.6. The van der Waals surface area contributed by atoms with Gasteiger partial charge in [0.2, 0.25) is 0 Å². The van der Waals surface area contributed by atoms with Gasteiger partial charge in [0.15, 0.2) is 6.10 Å².